The summed E-state index contributed by atoms with van der Waals surface area (Å²) in [5, 5.41) is 17.3. The van der Waals surface area contributed by atoms with E-state index in [9.17, 15) is 19.5 Å². The van der Waals surface area contributed by atoms with Crippen LogP contribution in [0.15, 0.2) is 79.1 Å². The van der Waals surface area contributed by atoms with Gasteiger partial charge < -0.3 is 36.2 Å². The Labute approximate surface area is 242 Å². The maximum Gasteiger partial charge on any atom is 0.326 e. The van der Waals surface area contributed by atoms with Crippen molar-refractivity contribution >= 4 is 45.3 Å². The third-order valence-corrected chi connectivity index (χ3v) is 7.28. The number of carboxylic acids is 1. The largest absolute Gasteiger partial charge is 0.491 e. The van der Waals surface area contributed by atoms with Gasteiger partial charge in [-0.3, -0.25) is 9.59 Å². The predicted octanol–water partition coefficient (Wildman–Crippen LogP) is 4.37. The summed E-state index contributed by atoms with van der Waals surface area (Å²) >= 11 is 0. The van der Waals surface area contributed by atoms with Crippen LogP contribution < -0.4 is 21.1 Å². The zero-order valence-electron chi connectivity index (χ0n) is 23.1. The van der Waals surface area contributed by atoms with E-state index in [-0.39, 0.29) is 30.2 Å². The maximum absolute atomic E-state index is 13.2. The molecule has 0 fully saturated rings. The van der Waals surface area contributed by atoms with Crippen LogP contribution in [0.25, 0.3) is 21.8 Å². The standard InChI is InChI=1S/C32H33N5O5/c1-2-24(33)31(39)36-27-12-11-19(16-29(27)42-14-13-20-17-34-25-9-5-3-7-22(20)25)30(38)37-28(32(40)41)15-21-18-35-26-10-6-4-8-23(21)26/h3-12,16-18,24,28,34-35H,2,13-15,33H2,1H3,(H,36,39)(H,37,38)(H,40,41)/t24-,28-/m0/s1. The van der Waals surface area contributed by atoms with Crippen molar-refractivity contribution in [3.8, 4) is 5.75 Å². The number of aromatic nitrogens is 2. The lowest BCUT2D eigenvalue weighted by atomic mass is 10.0. The fourth-order valence-corrected chi connectivity index (χ4v) is 4.87. The van der Waals surface area contributed by atoms with Crippen LogP contribution in [0.2, 0.25) is 0 Å². The first kappa shape index (κ1) is 28.4. The molecule has 10 heteroatoms. The topological polar surface area (TPSA) is 162 Å². The third kappa shape index (κ3) is 6.29. The second kappa shape index (κ2) is 12.6. The van der Waals surface area contributed by atoms with Crippen LogP contribution in [0.5, 0.6) is 5.75 Å². The predicted molar refractivity (Wildman–Crippen MR) is 162 cm³/mol. The molecule has 2 heterocycles. The molecule has 3 aromatic carbocycles. The molecule has 0 unspecified atom stereocenters. The number of carboxylic acid groups (broad SMARTS) is 1. The van der Waals surface area contributed by atoms with E-state index in [0.717, 1.165) is 32.9 Å². The van der Waals surface area contributed by atoms with E-state index < -0.39 is 24.0 Å². The lowest BCUT2D eigenvalue weighted by molar-refractivity contribution is -0.139. The van der Waals surface area contributed by atoms with E-state index in [4.69, 9.17) is 10.5 Å². The van der Waals surface area contributed by atoms with Gasteiger partial charge in [0.2, 0.25) is 5.91 Å². The van der Waals surface area contributed by atoms with Crippen molar-refractivity contribution in [1.29, 1.82) is 0 Å². The van der Waals surface area contributed by atoms with Crippen LogP contribution in [0, 0.1) is 0 Å². The van der Waals surface area contributed by atoms with E-state index >= 15 is 0 Å². The van der Waals surface area contributed by atoms with E-state index in [1.54, 1.807) is 12.3 Å². The molecule has 5 rings (SSSR count). The van der Waals surface area contributed by atoms with Crippen molar-refractivity contribution in [2.45, 2.75) is 38.3 Å². The van der Waals surface area contributed by atoms with Gasteiger partial charge in [-0.05, 0) is 47.9 Å². The summed E-state index contributed by atoms with van der Waals surface area (Å²) in [4.78, 5) is 44.3. The number of hydrogen-bond acceptors (Lipinski definition) is 5. The van der Waals surface area contributed by atoms with Gasteiger partial charge in [0.15, 0.2) is 0 Å². The van der Waals surface area contributed by atoms with Crippen LogP contribution in [0.4, 0.5) is 5.69 Å². The van der Waals surface area contributed by atoms with Gasteiger partial charge in [0, 0.05) is 52.6 Å². The molecule has 10 nitrogen and oxygen atoms in total. The smallest absolute Gasteiger partial charge is 0.326 e. The lowest BCUT2D eigenvalue weighted by Crippen LogP contribution is -2.42. The fraction of sp³-hybridized carbons (Fsp3) is 0.219. The summed E-state index contributed by atoms with van der Waals surface area (Å²) in [6.07, 6.45) is 4.82. The number of benzene rings is 3. The Hall–Kier alpha value is -5.09. The molecule has 42 heavy (non-hydrogen) atoms. The molecule has 0 aliphatic rings. The van der Waals surface area contributed by atoms with Gasteiger partial charge >= 0.3 is 5.97 Å². The first-order valence-corrected chi connectivity index (χ1v) is 13.8. The highest BCUT2D eigenvalue weighted by Gasteiger charge is 2.24. The van der Waals surface area contributed by atoms with Crippen molar-refractivity contribution in [1.82, 2.24) is 15.3 Å². The van der Waals surface area contributed by atoms with Crippen molar-refractivity contribution in [3.63, 3.8) is 0 Å². The Morgan fingerprint density at radius 1 is 0.929 bits per heavy atom. The van der Waals surface area contributed by atoms with Crippen LogP contribution in [0.1, 0.15) is 34.8 Å². The number of nitrogens with one attached hydrogen (secondary N) is 4. The number of anilines is 1. The molecule has 0 saturated carbocycles. The minimum Gasteiger partial charge on any atom is -0.491 e. The number of nitrogens with two attached hydrogens (primary N) is 1. The first-order valence-electron chi connectivity index (χ1n) is 13.8. The highest BCUT2D eigenvalue weighted by Crippen LogP contribution is 2.28. The SMILES string of the molecule is CC[C@H](N)C(=O)Nc1ccc(C(=O)N[C@@H](Cc2c[nH]c3ccccc23)C(=O)O)cc1OCCc1c[nH]c2ccccc12. The molecule has 0 bridgehead atoms. The number of amides is 2. The lowest BCUT2D eigenvalue weighted by Gasteiger charge is -2.17. The van der Waals surface area contributed by atoms with Gasteiger partial charge in [0.1, 0.15) is 11.8 Å². The fourth-order valence-electron chi connectivity index (χ4n) is 4.87. The molecule has 2 aromatic heterocycles. The van der Waals surface area contributed by atoms with E-state index in [1.165, 1.54) is 12.1 Å². The molecule has 7 N–H and O–H groups in total. The van der Waals surface area contributed by atoms with Gasteiger partial charge in [-0.15, -0.1) is 0 Å². The molecular weight excluding hydrogens is 534 g/mol. The highest BCUT2D eigenvalue weighted by atomic mass is 16.5. The highest BCUT2D eigenvalue weighted by molar-refractivity contribution is 6.00. The van der Waals surface area contributed by atoms with Gasteiger partial charge in [0.05, 0.1) is 18.3 Å². The number of aliphatic carboxylic acids is 1. The minimum atomic E-state index is -1.16. The molecule has 2 amide bonds. The number of fused-ring (bicyclic) bond motifs is 2. The average Bonchev–Trinajstić information content (AvgIpc) is 3.61. The molecule has 216 valence electrons. The second-order valence-electron chi connectivity index (χ2n) is 10.1. The summed E-state index contributed by atoms with van der Waals surface area (Å²) in [5.41, 5.74) is 10.2. The average molecular weight is 568 g/mol. The molecule has 0 aliphatic heterocycles. The Bertz CT molecular complexity index is 1740. The van der Waals surface area contributed by atoms with E-state index in [1.807, 2.05) is 61.7 Å². The van der Waals surface area contributed by atoms with Crippen LogP contribution in [-0.4, -0.2) is 51.5 Å². The zero-order chi connectivity index (χ0) is 29.6. The Kier molecular flexibility index (Phi) is 8.54. The zero-order valence-corrected chi connectivity index (χ0v) is 23.1. The normalized spacial score (nSPS) is 12.6. The molecule has 2 atom stereocenters. The van der Waals surface area contributed by atoms with E-state index in [0.29, 0.717) is 18.5 Å². The molecule has 0 radical (unpaired) electrons. The van der Waals surface area contributed by atoms with Gasteiger partial charge in [-0.1, -0.05) is 43.3 Å². The number of hydrogen-bond donors (Lipinski definition) is 6. The number of rotatable bonds is 12. The van der Waals surface area contributed by atoms with Crippen LogP contribution >= 0.6 is 0 Å². The number of carbonyl (C=O) groups is 3. The molecule has 0 saturated heterocycles. The first-order chi connectivity index (χ1) is 20.3. The van der Waals surface area contributed by atoms with Crippen molar-refractivity contribution in [3.05, 3.63) is 95.8 Å². The second-order valence-corrected chi connectivity index (χ2v) is 10.1. The maximum atomic E-state index is 13.2. The van der Waals surface area contributed by atoms with Crippen molar-refractivity contribution in [2.24, 2.45) is 5.73 Å². The molecule has 5 aromatic rings. The van der Waals surface area contributed by atoms with E-state index in [2.05, 4.69) is 20.6 Å². The van der Waals surface area contributed by atoms with Crippen LogP contribution in [0.3, 0.4) is 0 Å². The summed E-state index contributed by atoms with van der Waals surface area (Å²) in [6, 6.07) is 18.2. The monoisotopic (exact) mass is 567 g/mol. The summed E-state index contributed by atoms with van der Waals surface area (Å²) < 4.78 is 6.08. The Morgan fingerprint density at radius 3 is 2.24 bits per heavy atom. The Balaban J connectivity index is 1.34. The molecular formula is C32H33N5O5. The summed E-state index contributed by atoms with van der Waals surface area (Å²) in [5.74, 6) is -1.82. The molecule has 0 aliphatic carbocycles. The number of carbonyl (C=O) groups excluding carboxylic acids is 2. The summed E-state index contributed by atoms with van der Waals surface area (Å²) in [7, 11) is 0. The molecule has 0 spiro atoms. The quantitative estimate of drug-likeness (QED) is 0.131. The number of ether oxygens (including phenoxy) is 1. The van der Waals surface area contributed by atoms with Crippen molar-refractivity contribution < 1.29 is 24.2 Å². The number of H-pyrrole nitrogens is 2. The van der Waals surface area contributed by atoms with Gasteiger partial charge in [-0.25, -0.2) is 4.79 Å². The summed E-state index contributed by atoms with van der Waals surface area (Å²) in [6.45, 7) is 2.08. The number of aromatic amines is 2. The van der Waals surface area contributed by atoms with Gasteiger partial charge in [-0.2, -0.15) is 0 Å². The third-order valence-electron chi connectivity index (χ3n) is 7.28. The van der Waals surface area contributed by atoms with Crippen LogP contribution in [-0.2, 0) is 22.4 Å². The minimum absolute atomic E-state index is 0.0993. The Morgan fingerprint density at radius 2 is 1.57 bits per heavy atom. The van der Waals surface area contributed by atoms with Gasteiger partial charge in [0.25, 0.3) is 5.91 Å². The number of para-hydroxylation sites is 2. The van der Waals surface area contributed by atoms with Crippen molar-refractivity contribution in [2.75, 3.05) is 11.9 Å².